The van der Waals surface area contributed by atoms with Gasteiger partial charge in [-0.25, -0.2) is 0 Å². The molecule has 2 heterocycles. The summed E-state index contributed by atoms with van der Waals surface area (Å²) >= 11 is 3.44. The summed E-state index contributed by atoms with van der Waals surface area (Å²) in [6, 6.07) is 13.9. The number of halogens is 1. The van der Waals surface area contributed by atoms with Gasteiger partial charge in [0, 0.05) is 4.47 Å². The summed E-state index contributed by atoms with van der Waals surface area (Å²) < 4.78 is 12.7. The van der Waals surface area contributed by atoms with Crippen LogP contribution in [0.4, 0.5) is 0 Å². The highest BCUT2D eigenvalue weighted by molar-refractivity contribution is 9.10. The van der Waals surface area contributed by atoms with Crippen molar-refractivity contribution in [1.82, 2.24) is 0 Å². The van der Waals surface area contributed by atoms with Crippen molar-refractivity contribution >= 4 is 49.0 Å². The lowest BCUT2D eigenvalue weighted by Gasteiger charge is -1.90. The van der Waals surface area contributed by atoms with Crippen molar-refractivity contribution in [1.29, 1.82) is 0 Å². The molecule has 0 bridgehead atoms. The molecular weight excluding hydrogens is 280 g/mol. The van der Waals surface area contributed by atoms with Gasteiger partial charge in [0.2, 0.25) is 0 Å². The average Bonchev–Trinajstić information content (AvgIpc) is 2.84. The molecule has 0 amide bonds. The molecule has 17 heavy (non-hydrogen) atoms. The Hall–Kier alpha value is -1.74. The van der Waals surface area contributed by atoms with E-state index < -0.39 is 0 Å². The van der Waals surface area contributed by atoms with Crippen molar-refractivity contribution in [2.24, 2.45) is 0 Å². The lowest BCUT2D eigenvalue weighted by atomic mass is 10.2. The van der Waals surface area contributed by atoms with E-state index in [0.29, 0.717) is 0 Å². The highest BCUT2D eigenvalue weighted by Gasteiger charge is 2.14. The van der Waals surface area contributed by atoms with Crippen LogP contribution in [0.2, 0.25) is 0 Å². The van der Waals surface area contributed by atoms with E-state index in [1.165, 1.54) is 0 Å². The monoisotopic (exact) mass is 286 g/mol. The van der Waals surface area contributed by atoms with E-state index in [-0.39, 0.29) is 0 Å². The van der Waals surface area contributed by atoms with Crippen LogP contribution in [0.3, 0.4) is 0 Å². The smallest absolute Gasteiger partial charge is 0.181 e. The van der Waals surface area contributed by atoms with Crippen LogP contribution in [0, 0.1) is 0 Å². The molecule has 0 saturated carbocycles. The number of rotatable bonds is 0. The maximum atomic E-state index is 5.86. The molecule has 0 unspecified atom stereocenters. The van der Waals surface area contributed by atoms with Crippen molar-refractivity contribution in [3.63, 3.8) is 0 Å². The molecule has 0 saturated heterocycles. The van der Waals surface area contributed by atoms with Crippen molar-refractivity contribution < 1.29 is 8.83 Å². The number of furan rings is 2. The van der Waals surface area contributed by atoms with Gasteiger partial charge in [-0.2, -0.15) is 0 Å². The Labute approximate surface area is 105 Å². The summed E-state index contributed by atoms with van der Waals surface area (Å²) in [5.74, 6) is 0. The van der Waals surface area contributed by atoms with E-state index >= 15 is 0 Å². The number of para-hydroxylation sites is 1. The lowest BCUT2D eigenvalue weighted by molar-refractivity contribution is 0.653. The van der Waals surface area contributed by atoms with Gasteiger partial charge in [-0.05, 0) is 30.3 Å². The summed E-state index contributed by atoms with van der Waals surface area (Å²) in [4.78, 5) is 0. The van der Waals surface area contributed by atoms with E-state index in [1.54, 1.807) is 0 Å². The van der Waals surface area contributed by atoms with Crippen LogP contribution in [0.25, 0.3) is 33.1 Å². The molecule has 0 aliphatic heterocycles. The standard InChI is InChI=1S/C14H7BrO2/c15-8-5-6-10-12(7-8)17-13-9-3-1-2-4-11(9)16-14(10)13/h1-7H. The molecule has 3 heteroatoms. The molecule has 0 aliphatic rings. The van der Waals surface area contributed by atoms with E-state index in [1.807, 2.05) is 42.5 Å². The van der Waals surface area contributed by atoms with Crippen LogP contribution in [0.5, 0.6) is 0 Å². The zero-order valence-electron chi connectivity index (χ0n) is 8.74. The summed E-state index contributed by atoms with van der Waals surface area (Å²) in [5.41, 5.74) is 3.37. The average molecular weight is 287 g/mol. The number of fused-ring (bicyclic) bond motifs is 5. The van der Waals surface area contributed by atoms with Crippen molar-refractivity contribution in [3.8, 4) is 0 Å². The number of hydrogen-bond donors (Lipinski definition) is 0. The second-order valence-electron chi connectivity index (χ2n) is 4.00. The van der Waals surface area contributed by atoms with Crippen molar-refractivity contribution in [2.45, 2.75) is 0 Å². The highest BCUT2D eigenvalue weighted by atomic mass is 79.9. The first-order chi connectivity index (χ1) is 8.33. The van der Waals surface area contributed by atoms with E-state index in [0.717, 1.165) is 37.6 Å². The van der Waals surface area contributed by atoms with Crippen LogP contribution in [-0.4, -0.2) is 0 Å². The fourth-order valence-electron chi connectivity index (χ4n) is 2.18. The van der Waals surface area contributed by atoms with Gasteiger partial charge >= 0.3 is 0 Å². The zero-order valence-corrected chi connectivity index (χ0v) is 10.3. The summed E-state index contributed by atoms with van der Waals surface area (Å²) in [6.45, 7) is 0. The SMILES string of the molecule is Brc1ccc2c(c1)oc1c3ccccc3oc21. The highest BCUT2D eigenvalue weighted by Crippen LogP contribution is 2.37. The van der Waals surface area contributed by atoms with Crippen LogP contribution >= 0.6 is 15.9 Å². The van der Waals surface area contributed by atoms with Crippen LogP contribution < -0.4 is 0 Å². The largest absolute Gasteiger partial charge is 0.452 e. The number of benzene rings is 2. The zero-order chi connectivity index (χ0) is 11.4. The quantitative estimate of drug-likeness (QED) is 0.450. The second-order valence-corrected chi connectivity index (χ2v) is 4.91. The van der Waals surface area contributed by atoms with E-state index in [2.05, 4.69) is 15.9 Å². The molecule has 0 spiro atoms. The predicted octanol–water partition coefficient (Wildman–Crippen LogP) is 5.09. The lowest BCUT2D eigenvalue weighted by Crippen LogP contribution is -1.65. The van der Waals surface area contributed by atoms with Gasteiger partial charge in [0.05, 0.1) is 10.8 Å². The summed E-state index contributed by atoms with van der Waals surface area (Å²) in [6.07, 6.45) is 0. The Morgan fingerprint density at radius 1 is 0.765 bits per heavy atom. The minimum Gasteiger partial charge on any atom is -0.452 e. The molecule has 82 valence electrons. The van der Waals surface area contributed by atoms with Crippen molar-refractivity contribution in [3.05, 3.63) is 46.9 Å². The first kappa shape index (κ1) is 9.31. The van der Waals surface area contributed by atoms with Gasteiger partial charge < -0.3 is 8.83 Å². The van der Waals surface area contributed by atoms with Gasteiger partial charge in [0.1, 0.15) is 11.2 Å². The van der Waals surface area contributed by atoms with Crippen molar-refractivity contribution in [2.75, 3.05) is 0 Å². The van der Waals surface area contributed by atoms with E-state index in [9.17, 15) is 0 Å². The molecule has 2 aromatic heterocycles. The molecular formula is C14H7BrO2. The van der Waals surface area contributed by atoms with Gasteiger partial charge in [-0.1, -0.05) is 28.1 Å². The van der Waals surface area contributed by atoms with Crippen LogP contribution in [0.15, 0.2) is 55.8 Å². The van der Waals surface area contributed by atoms with Crippen LogP contribution in [-0.2, 0) is 0 Å². The molecule has 4 rings (SSSR count). The Morgan fingerprint density at radius 3 is 2.35 bits per heavy atom. The van der Waals surface area contributed by atoms with Gasteiger partial charge in [0.15, 0.2) is 11.2 Å². The normalized spacial score (nSPS) is 11.8. The molecule has 0 aliphatic carbocycles. The summed E-state index contributed by atoms with van der Waals surface area (Å²) in [5, 5.41) is 2.04. The fraction of sp³-hybridized carbons (Fsp3) is 0. The Bertz CT molecular complexity index is 854. The maximum absolute atomic E-state index is 5.86. The molecule has 4 aromatic rings. The third kappa shape index (κ3) is 1.20. The molecule has 2 aromatic carbocycles. The molecule has 2 nitrogen and oxygen atoms in total. The Morgan fingerprint density at radius 2 is 1.47 bits per heavy atom. The second kappa shape index (κ2) is 3.14. The first-order valence-electron chi connectivity index (χ1n) is 5.32. The first-order valence-corrected chi connectivity index (χ1v) is 6.11. The van der Waals surface area contributed by atoms with Crippen LogP contribution in [0.1, 0.15) is 0 Å². The minimum absolute atomic E-state index is 0.828. The van der Waals surface area contributed by atoms with Gasteiger partial charge in [-0.3, -0.25) is 0 Å². The van der Waals surface area contributed by atoms with Gasteiger partial charge in [0.25, 0.3) is 0 Å². The molecule has 0 radical (unpaired) electrons. The maximum Gasteiger partial charge on any atom is 0.181 e. The van der Waals surface area contributed by atoms with E-state index in [4.69, 9.17) is 8.83 Å². The number of hydrogen-bond acceptors (Lipinski definition) is 2. The molecule has 0 atom stereocenters. The minimum atomic E-state index is 0.828. The topological polar surface area (TPSA) is 26.3 Å². The Kier molecular flexibility index (Phi) is 1.72. The fourth-order valence-corrected chi connectivity index (χ4v) is 2.52. The molecule has 0 N–H and O–H groups in total. The molecule has 0 fully saturated rings. The summed E-state index contributed by atoms with van der Waals surface area (Å²) in [7, 11) is 0. The third-order valence-corrected chi connectivity index (χ3v) is 3.44. The Balaban J connectivity index is 2.29. The van der Waals surface area contributed by atoms with Gasteiger partial charge in [-0.15, -0.1) is 0 Å². The predicted molar refractivity (Wildman–Crippen MR) is 71.2 cm³/mol. The third-order valence-electron chi connectivity index (χ3n) is 2.95.